The fraction of sp³-hybridized carbons (Fsp3) is 0.222. The minimum atomic E-state index is -4.21. The van der Waals surface area contributed by atoms with Crippen LogP contribution in [0.1, 0.15) is 10.4 Å². The second kappa shape index (κ2) is 5.35. The molecule has 7 nitrogen and oxygen atoms in total. The van der Waals surface area contributed by atoms with Gasteiger partial charge in [-0.1, -0.05) is 11.6 Å². The van der Waals surface area contributed by atoms with Crippen molar-refractivity contribution in [2.45, 2.75) is 0 Å². The number of sulfone groups is 1. The molecule has 19 heavy (non-hydrogen) atoms. The molecule has 0 aliphatic heterocycles. The van der Waals surface area contributed by atoms with Gasteiger partial charge in [0.1, 0.15) is 0 Å². The van der Waals surface area contributed by atoms with Gasteiger partial charge in [0.2, 0.25) is 10.0 Å². The Labute approximate surface area is 115 Å². The zero-order chi connectivity index (χ0) is 14.8. The quantitative estimate of drug-likeness (QED) is 0.825. The number of anilines is 1. The van der Waals surface area contributed by atoms with Crippen molar-refractivity contribution >= 4 is 43.1 Å². The number of nitrogens with one attached hydrogen (secondary N) is 1. The van der Waals surface area contributed by atoms with E-state index in [-0.39, 0.29) is 16.3 Å². The van der Waals surface area contributed by atoms with Gasteiger partial charge in [0.15, 0.2) is 14.9 Å². The third kappa shape index (κ3) is 5.05. The van der Waals surface area contributed by atoms with E-state index in [4.69, 9.17) is 16.7 Å². The van der Waals surface area contributed by atoms with E-state index < -0.39 is 30.9 Å². The highest BCUT2D eigenvalue weighted by Gasteiger charge is 2.21. The van der Waals surface area contributed by atoms with E-state index in [1.807, 2.05) is 4.72 Å². The molecule has 0 aliphatic carbocycles. The Hall–Kier alpha value is -1.32. The molecule has 0 atom stereocenters. The summed E-state index contributed by atoms with van der Waals surface area (Å²) < 4.78 is 46.9. The molecule has 1 aromatic carbocycles. The molecular weight excluding hydrogens is 318 g/mol. The number of benzene rings is 1. The van der Waals surface area contributed by atoms with Crippen molar-refractivity contribution in [3.05, 3.63) is 28.8 Å². The highest BCUT2D eigenvalue weighted by Crippen LogP contribution is 2.22. The van der Waals surface area contributed by atoms with E-state index in [9.17, 15) is 21.6 Å². The van der Waals surface area contributed by atoms with Crippen molar-refractivity contribution in [2.24, 2.45) is 0 Å². The summed E-state index contributed by atoms with van der Waals surface area (Å²) in [5.41, 5.74) is -0.620. The Morgan fingerprint density at radius 2 is 1.89 bits per heavy atom. The monoisotopic (exact) mass is 327 g/mol. The molecule has 0 aliphatic rings. The lowest BCUT2D eigenvalue weighted by atomic mass is 10.2. The highest BCUT2D eigenvalue weighted by molar-refractivity contribution is 8.08. The summed E-state index contributed by atoms with van der Waals surface area (Å²) in [6, 6.07) is 3.49. The Kier molecular flexibility index (Phi) is 4.43. The van der Waals surface area contributed by atoms with Gasteiger partial charge in [-0.15, -0.1) is 0 Å². The van der Waals surface area contributed by atoms with Crippen molar-refractivity contribution in [1.29, 1.82) is 0 Å². The largest absolute Gasteiger partial charge is 0.478 e. The Morgan fingerprint density at radius 1 is 1.32 bits per heavy atom. The van der Waals surface area contributed by atoms with Crippen LogP contribution >= 0.6 is 11.6 Å². The van der Waals surface area contributed by atoms with E-state index in [1.165, 1.54) is 6.07 Å². The predicted molar refractivity (Wildman–Crippen MR) is 70.7 cm³/mol. The Bertz CT molecular complexity index is 710. The number of carboxylic acid groups (broad SMARTS) is 1. The second-order valence-corrected chi connectivity index (χ2v) is 8.42. The van der Waals surface area contributed by atoms with Crippen molar-refractivity contribution in [2.75, 3.05) is 16.1 Å². The van der Waals surface area contributed by atoms with Crippen LogP contribution in [0.4, 0.5) is 5.69 Å². The number of aromatic carboxylic acids is 1. The lowest BCUT2D eigenvalue weighted by Crippen LogP contribution is -2.23. The molecular formula is C9H10ClNO6S2. The number of carbonyl (C=O) groups is 1. The normalized spacial score (nSPS) is 12.1. The molecule has 10 heteroatoms. The van der Waals surface area contributed by atoms with Crippen LogP contribution in [0.2, 0.25) is 5.02 Å². The first-order valence-corrected chi connectivity index (χ1v) is 8.80. The minimum Gasteiger partial charge on any atom is -0.478 e. The van der Waals surface area contributed by atoms with Gasteiger partial charge >= 0.3 is 5.97 Å². The van der Waals surface area contributed by atoms with Gasteiger partial charge in [0, 0.05) is 11.3 Å². The van der Waals surface area contributed by atoms with Crippen LogP contribution in [-0.2, 0) is 19.9 Å². The lowest BCUT2D eigenvalue weighted by Gasteiger charge is -2.10. The smallest absolute Gasteiger partial charge is 0.337 e. The summed E-state index contributed by atoms with van der Waals surface area (Å²) in [4.78, 5) is 10.9. The van der Waals surface area contributed by atoms with E-state index in [0.29, 0.717) is 0 Å². The van der Waals surface area contributed by atoms with Crippen LogP contribution in [-0.4, -0.2) is 39.3 Å². The molecule has 1 rings (SSSR count). The summed E-state index contributed by atoms with van der Waals surface area (Å²) in [5.74, 6) is -1.39. The third-order valence-corrected chi connectivity index (χ3v) is 5.57. The van der Waals surface area contributed by atoms with Crippen LogP contribution in [0.15, 0.2) is 18.2 Å². The maximum Gasteiger partial charge on any atom is 0.337 e. The zero-order valence-corrected chi connectivity index (χ0v) is 12.0. The lowest BCUT2D eigenvalue weighted by molar-refractivity contribution is 0.0698. The number of hydrogen-bond acceptors (Lipinski definition) is 5. The third-order valence-electron chi connectivity index (χ3n) is 1.85. The number of sulfonamides is 1. The molecule has 0 amide bonds. The van der Waals surface area contributed by atoms with Gasteiger partial charge in [-0.3, -0.25) is 4.72 Å². The van der Waals surface area contributed by atoms with Crippen molar-refractivity contribution in [3.63, 3.8) is 0 Å². The standard InChI is InChI=1S/C9H10ClNO6S2/c1-18(14,15)5-19(16,17)11-8-3-2-6(10)4-7(8)9(12)13/h2-4,11H,5H2,1H3,(H,12,13). The van der Waals surface area contributed by atoms with Crippen molar-refractivity contribution in [3.8, 4) is 0 Å². The van der Waals surface area contributed by atoms with Crippen LogP contribution in [0.25, 0.3) is 0 Å². The maximum atomic E-state index is 11.6. The minimum absolute atomic E-state index is 0.114. The van der Waals surface area contributed by atoms with E-state index in [1.54, 1.807) is 0 Å². The molecule has 0 saturated heterocycles. The van der Waals surface area contributed by atoms with Crippen molar-refractivity contribution in [1.82, 2.24) is 0 Å². The van der Waals surface area contributed by atoms with E-state index in [0.717, 1.165) is 18.4 Å². The molecule has 0 bridgehead atoms. The van der Waals surface area contributed by atoms with E-state index in [2.05, 4.69) is 0 Å². The fourth-order valence-corrected chi connectivity index (χ4v) is 4.44. The van der Waals surface area contributed by atoms with Gasteiger partial charge in [-0.05, 0) is 18.2 Å². The molecule has 1 aromatic rings. The number of hydrogen-bond donors (Lipinski definition) is 2. The molecule has 0 radical (unpaired) electrons. The first-order chi connectivity index (χ1) is 8.50. The summed E-state index contributed by atoms with van der Waals surface area (Å²) in [7, 11) is -7.97. The summed E-state index contributed by atoms with van der Waals surface area (Å²) in [6.45, 7) is 0. The van der Waals surface area contributed by atoms with Crippen LogP contribution in [0, 0.1) is 0 Å². The Balaban J connectivity index is 3.17. The number of rotatable bonds is 5. The molecule has 0 saturated carbocycles. The topological polar surface area (TPSA) is 118 Å². The summed E-state index contributed by atoms with van der Waals surface area (Å²) in [5, 5.41) is 7.88. The van der Waals surface area contributed by atoms with Gasteiger partial charge in [0.25, 0.3) is 0 Å². The number of halogens is 1. The predicted octanol–water partition coefficient (Wildman–Crippen LogP) is 0.782. The van der Waals surface area contributed by atoms with Gasteiger partial charge in [-0.2, -0.15) is 0 Å². The second-order valence-electron chi connectivity index (χ2n) is 3.76. The van der Waals surface area contributed by atoms with Crippen LogP contribution in [0.5, 0.6) is 0 Å². The molecule has 0 fully saturated rings. The maximum absolute atomic E-state index is 11.6. The summed E-state index contributed by atoms with van der Waals surface area (Å²) in [6.07, 6.45) is 0.756. The fourth-order valence-electron chi connectivity index (χ4n) is 1.26. The molecule has 0 spiro atoms. The average molecular weight is 328 g/mol. The van der Waals surface area contributed by atoms with Gasteiger partial charge < -0.3 is 5.11 Å². The molecule has 106 valence electrons. The molecule has 2 N–H and O–H groups in total. The molecule has 0 unspecified atom stereocenters. The summed E-state index contributed by atoms with van der Waals surface area (Å²) >= 11 is 5.60. The van der Waals surface area contributed by atoms with Crippen LogP contribution in [0.3, 0.4) is 0 Å². The molecule has 0 aromatic heterocycles. The average Bonchev–Trinajstić information content (AvgIpc) is 2.16. The van der Waals surface area contributed by atoms with Crippen LogP contribution < -0.4 is 4.72 Å². The molecule has 0 heterocycles. The van der Waals surface area contributed by atoms with Crippen molar-refractivity contribution < 1.29 is 26.7 Å². The van der Waals surface area contributed by atoms with E-state index >= 15 is 0 Å². The highest BCUT2D eigenvalue weighted by atomic mass is 35.5. The first kappa shape index (κ1) is 15.7. The Morgan fingerprint density at radius 3 is 2.37 bits per heavy atom. The van der Waals surface area contributed by atoms with Gasteiger partial charge in [-0.25, -0.2) is 21.6 Å². The number of carboxylic acids is 1. The zero-order valence-electron chi connectivity index (χ0n) is 9.62. The van der Waals surface area contributed by atoms with Gasteiger partial charge in [0.05, 0.1) is 11.3 Å². The SMILES string of the molecule is CS(=O)(=O)CS(=O)(=O)Nc1ccc(Cl)cc1C(=O)O. The first-order valence-electron chi connectivity index (χ1n) is 4.71.